The number of hydrogen-bond donors (Lipinski definition) is 1. The molecule has 0 bridgehead atoms. The summed E-state index contributed by atoms with van der Waals surface area (Å²) in [5.74, 6) is 1.08. The molecule has 0 aromatic carbocycles. The Morgan fingerprint density at radius 1 is 1.16 bits per heavy atom. The highest BCUT2D eigenvalue weighted by molar-refractivity contribution is 5.83. The average molecular weight is 268 g/mol. The van der Waals surface area contributed by atoms with Crippen molar-refractivity contribution in [1.82, 2.24) is 4.90 Å². The van der Waals surface area contributed by atoms with E-state index in [0.29, 0.717) is 12.5 Å². The monoisotopic (exact) mass is 268 g/mol. The number of rotatable bonds is 10. The molecule has 1 aliphatic carbocycles. The van der Waals surface area contributed by atoms with Crippen LogP contribution >= 0.6 is 0 Å². The quantitative estimate of drug-likeness (QED) is 0.661. The first-order valence-corrected chi connectivity index (χ1v) is 8.13. The van der Waals surface area contributed by atoms with Gasteiger partial charge in [-0.15, -0.1) is 0 Å². The minimum atomic E-state index is -0.298. The third-order valence-electron chi connectivity index (χ3n) is 4.26. The molecule has 0 unspecified atom stereocenters. The summed E-state index contributed by atoms with van der Waals surface area (Å²) in [4.78, 5) is 15.1. The Labute approximate surface area is 118 Å². The van der Waals surface area contributed by atoms with Crippen LogP contribution in [0.4, 0.5) is 0 Å². The molecular formula is C16H32N2O. The highest BCUT2D eigenvalue weighted by atomic mass is 16.2. The van der Waals surface area contributed by atoms with E-state index in [9.17, 15) is 4.79 Å². The molecule has 3 nitrogen and oxygen atoms in total. The minimum absolute atomic E-state index is 0.298. The zero-order valence-corrected chi connectivity index (χ0v) is 13.1. The first-order valence-electron chi connectivity index (χ1n) is 8.13. The Morgan fingerprint density at radius 2 is 1.74 bits per heavy atom. The predicted octanol–water partition coefficient (Wildman–Crippen LogP) is 3.18. The lowest BCUT2D eigenvalue weighted by Gasteiger charge is -2.36. The van der Waals surface area contributed by atoms with Crippen molar-refractivity contribution in [3.63, 3.8) is 0 Å². The van der Waals surface area contributed by atoms with Crippen molar-refractivity contribution in [2.24, 2.45) is 17.1 Å². The molecule has 1 aliphatic rings. The van der Waals surface area contributed by atoms with Gasteiger partial charge < -0.3 is 10.6 Å². The fourth-order valence-corrected chi connectivity index (χ4v) is 3.08. The summed E-state index contributed by atoms with van der Waals surface area (Å²) in [5, 5.41) is 0. The summed E-state index contributed by atoms with van der Waals surface area (Å²) in [6.45, 7) is 8.80. The molecule has 2 N–H and O–H groups in total. The van der Waals surface area contributed by atoms with Gasteiger partial charge in [0, 0.05) is 19.6 Å². The highest BCUT2D eigenvalue weighted by Gasteiger charge is 2.39. The van der Waals surface area contributed by atoms with E-state index in [1.807, 2.05) is 0 Å². The van der Waals surface area contributed by atoms with Crippen LogP contribution < -0.4 is 5.73 Å². The second kappa shape index (κ2) is 7.88. The van der Waals surface area contributed by atoms with Gasteiger partial charge in [-0.2, -0.15) is 0 Å². The number of nitrogens with zero attached hydrogens (tertiary/aromatic N) is 1. The summed E-state index contributed by atoms with van der Waals surface area (Å²) < 4.78 is 0. The first-order chi connectivity index (χ1) is 9.13. The van der Waals surface area contributed by atoms with Crippen molar-refractivity contribution in [1.29, 1.82) is 0 Å². The maximum atomic E-state index is 13.0. The lowest BCUT2D eigenvalue weighted by Crippen LogP contribution is -2.49. The summed E-state index contributed by atoms with van der Waals surface area (Å²) in [6, 6.07) is 0. The molecule has 1 amide bonds. The predicted molar refractivity (Wildman–Crippen MR) is 80.9 cm³/mol. The highest BCUT2D eigenvalue weighted by Crippen LogP contribution is 2.35. The van der Waals surface area contributed by atoms with Crippen LogP contribution in [-0.4, -0.2) is 30.4 Å². The molecule has 0 aromatic heterocycles. The summed E-state index contributed by atoms with van der Waals surface area (Å²) in [6.07, 6.45) is 7.56. The van der Waals surface area contributed by atoms with Crippen LogP contribution in [0, 0.1) is 11.3 Å². The van der Waals surface area contributed by atoms with Gasteiger partial charge >= 0.3 is 0 Å². The smallest absolute Gasteiger partial charge is 0.230 e. The maximum absolute atomic E-state index is 13.0. The normalized spacial score (nSPS) is 15.6. The second-order valence-electron chi connectivity index (χ2n) is 6.18. The standard InChI is InChI=1S/C16H32N2O/c1-4-9-16(13-17,10-5-2)15(19)18(11-6-3)12-14-7-8-14/h14H,4-13,17H2,1-3H3. The molecule has 0 aromatic rings. The van der Waals surface area contributed by atoms with E-state index < -0.39 is 0 Å². The first kappa shape index (κ1) is 16.5. The SMILES string of the molecule is CCCN(CC1CC1)C(=O)C(CN)(CCC)CCC. The largest absolute Gasteiger partial charge is 0.342 e. The van der Waals surface area contributed by atoms with Gasteiger partial charge in [0.25, 0.3) is 0 Å². The topological polar surface area (TPSA) is 46.3 Å². The van der Waals surface area contributed by atoms with E-state index in [2.05, 4.69) is 25.7 Å². The van der Waals surface area contributed by atoms with Gasteiger partial charge in [0.05, 0.1) is 5.41 Å². The van der Waals surface area contributed by atoms with Crippen molar-refractivity contribution in [2.75, 3.05) is 19.6 Å². The van der Waals surface area contributed by atoms with Crippen LogP contribution in [-0.2, 0) is 4.79 Å². The van der Waals surface area contributed by atoms with Gasteiger partial charge in [0.1, 0.15) is 0 Å². The molecule has 3 heteroatoms. The fourth-order valence-electron chi connectivity index (χ4n) is 3.08. The average Bonchev–Trinajstić information content (AvgIpc) is 3.21. The lowest BCUT2D eigenvalue weighted by atomic mass is 9.77. The molecule has 19 heavy (non-hydrogen) atoms. The number of carbonyl (C=O) groups excluding carboxylic acids is 1. The van der Waals surface area contributed by atoms with Gasteiger partial charge in [-0.3, -0.25) is 4.79 Å². The van der Waals surface area contributed by atoms with Crippen molar-refractivity contribution in [3.05, 3.63) is 0 Å². The van der Waals surface area contributed by atoms with Crippen LogP contribution in [0.25, 0.3) is 0 Å². The van der Waals surface area contributed by atoms with Crippen LogP contribution in [0.2, 0.25) is 0 Å². The maximum Gasteiger partial charge on any atom is 0.230 e. The van der Waals surface area contributed by atoms with E-state index in [1.165, 1.54) is 12.8 Å². The third-order valence-corrected chi connectivity index (χ3v) is 4.26. The number of amides is 1. The molecule has 0 atom stereocenters. The summed E-state index contributed by atoms with van der Waals surface area (Å²) >= 11 is 0. The lowest BCUT2D eigenvalue weighted by molar-refractivity contribution is -0.143. The Bertz CT molecular complexity index is 268. The third kappa shape index (κ3) is 4.48. The molecule has 1 saturated carbocycles. The van der Waals surface area contributed by atoms with Gasteiger partial charge in [0.15, 0.2) is 0 Å². The van der Waals surface area contributed by atoms with E-state index in [4.69, 9.17) is 5.73 Å². The van der Waals surface area contributed by atoms with Crippen molar-refractivity contribution in [3.8, 4) is 0 Å². The number of hydrogen-bond acceptors (Lipinski definition) is 2. The molecule has 1 fully saturated rings. The molecular weight excluding hydrogens is 236 g/mol. The Hall–Kier alpha value is -0.570. The van der Waals surface area contributed by atoms with E-state index >= 15 is 0 Å². The molecule has 1 rings (SSSR count). The number of carbonyl (C=O) groups is 1. The van der Waals surface area contributed by atoms with Crippen LogP contribution in [0.5, 0.6) is 0 Å². The van der Waals surface area contributed by atoms with Crippen LogP contribution in [0.15, 0.2) is 0 Å². The van der Waals surface area contributed by atoms with Crippen molar-refractivity contribution in [2.45, 2.75) is 65.7 Å². The van der Waals surface area contributed by atoms with Crippen molar-refractivity contribution < 1.29 is 4.79 Å². The Balaban J connectivity index is 2.79. The minimum Gasteiger partial charge on any atom is -0.342 e. The zero-order chi connectivity index (χ0) is 14.3. The molecule has 0 heterocycles. The van der Waals surface area contributed by atoms with Gasteiger partial charge in [0.2, 0.25) is 5.91 Å². The van der Waals surface area contributed by atoms with Gasteiger partial charge in [-0.1, -0.05) is 33.6 Å². The Morgan fingerprint density at radius 3 is 2.11 bits per heavy atom. The molecule has 0 radical (unpaired) electrons. The molecule has 0 spiro atoms. The zero-order valence-electron chi connectivity index (χ0n) is 13.1. The van der Waals surface area contributed by atoms with Crippen LogP contribution in [0.1, 0.15) is 65.7 Å². The Kier molecular flexibility index (Phi) is 6.84. The van der Waals surface area contributed by atoms with Gasteiger partial charge in [-0.05, 0) is 38.0 Å². The van der Waals surface area contributed by atoms with Gasteiger partial charge in [-0.25, -0.2) is 0 Å². The van der Waals surface area contributed by atoms with E-state index in [1.54, 1.807) is 0 Å². The second-order valence-corrected chi connectivity index (χ2v) is 6.18. The van der Waals surface area contributed by atoms with E-state index in [0.717, 1.165) is 51.1 Å². The fraction of sp³-hybridized carbons (Fsp3) is 0.938. The summed E-state index contributed by atoms with van der Waals surface area (Å²) in [7, 11) is 0. The molecule has 0 aliphatic heterocycles. The van der Waals surface area contributed by atoms with Crippen LogP contribution in [0.3, 0.4) is 0 Å². The van der Waals surface area contributed by atoms with E-state index in [-0.39, 0.29) is 5.41 Å². The number of nitrogens with two attached hydrogens (primary N) is 1. The molecule has 112 valence electrons. The van der Waals surface area contributed by atoms with Crippen molar-refractivity contribution >= 4 is 5.91 Å². The summed E-state index contributed by atoms with van der Waals surface area (Å²) in [5.41, 5.74) is 5.72. The molecule has 0 saturated heterocycles.